The molecule has 0 bridgehead atoms. The molecular formula is C13H15NO2. The maximum atomic E-state index is 11.5. The Morgan fingerprint density at radius 3 is 2.56 bits per heavy atom. The summed E-state index contributed by atoms with van der Waals surface area (Å²) in [4.78, 5) is 14.2. The zero-order chi connectivity index (χ0) is 11.9. The Morgan fingerprint density at radius 1 is 1.25 bits per heavy atom. The first kappa shape index (κ1) is 10.9. The van der Waals surface area contributed by atoms with E-state index in [4.69, 9.17) is 0 Å². The van der Waals surface area contributed by atoms with Crippen molar-refractivity contribution < 1.29 is 5.11 Å². The van der Waals surface area contributed by atoms with E-state index in [9.17, 15) is 9.90 Å². The molecule has 0 aliphatic carbocycles. The van der Waals surface area contributed by atoms with Gasteiger partial charge < -0.3 is 10.1 Å². The molecule has 0 unspecified atom stereocenters. The van der Waals surface area contributed by atoms with E-state index in [0.717, 1.165) is 16.5 Å². The molecule has 16 heavy (non-hydrogen) atoms. The fourth-order valence-corrected chi connectivity index (χ4v) is 1.87. The molecule has 0 fully saturated rings. The third-order valence-corrected chi connectivity index (χ3v) is 2.66. The van der Waals surface area contributed by atoms with Crippen LogP contribution < -0.4 is 5.56 Å². The molecule has 0 aliphatic heterocycles. The van der Waals surface area contributed by atoms with Gasteiger partial charge in [0.05, 0.1) is 5.60 Å². The molecular weight excluding hydrogens is 202 g/mol. The van der Waals surface area contributed by atoms with E-state index in [1.165, 1.54) is 6.07 Å². The first-order chi connectivity index (χ1) is 7.38. The minimum absolute atomic E-state index is 0.187. The molecule has 3 nitrogen and oxygen atoms in total. The number of aliphatic hydroxyl groups is 1. The maximum absolute atomic E-state index is 11.5. The van der Waals surface area contributed by atoms with Gasteiger partial charge in [0, 0.05) is 17.0 Å². The van der Waals surface area contributed by atoms with Gasteiger partial charge in [0.15, 0.2) is 0 Å². The van der Waals surface area contributed by atoms with E-state index < -0.39 is 5.60 Å². The monoisotopic (exact) mass is 217 g/mol. The van der Waals surface area contributed by atoms with E-state index in [1.807, 2.05) is 25.1 Å². The Bertz CT molecular complexity index is 591. The van der Waals surface area contributed by atoms with Gasteiger partial charge in [-0.3, -0.25) is 4.79 Å². The van der Waals surface area contributed by atoms with Gasteiger partial charge in [-0.15, -0.1) is 0 Å². The minimum Gasteiger partial charge on any atom is -0.386 e. The highest BCUT2D eigenvalue weighted by Gasteiger charge is 2.19. The summed E-state index contributed by atoms with van der Waals surface area (Å²) in [5.41, 5.74) is 1.32. The van der Waals surface area contributed by atoms with Gasteiger partial charge in [0.2, 0.25) is 5.56 Å². The summed E-state index contributed by atoms with van der Waals surface area (Å²) >= 11 is 0. The summed E-state index contributed by atoms with van der Waals surface area (Å²) in [5.74, 6) is 0. The van der Waals surface area contributed by atoms with Crippen molar-refractivity contribution in [3.05, 3.63) is 45.7 Å². The lowest BCUT2D eigenvalue weighted by Gasteiger charge is -2.19. The molecule has 2 rings (SSSR count). The van der Waals surface area contributed by atoms with Crippen molar-refractivity contribution in [2.75, 3.05) is 0 Å². The first-order valence-corrected chi connectivity index (χ1v) is 5.24. The molecule has 84 valence electrons. The van der Waals surface area contributed by atoms with Crippen LogP contribution >= 0.6 is 0 Å². The highest BCUT2D eigenvalue weighted by Crippen LogP contribution is 2.26. The predicted octanol–water partition coefficient (Wildman–Crippen LogP) is 2.06. The number of aryl methyl sites for hydroxylation is 1. The molecule has 3 heteroatoms. The Morgan fingerprint density at radius 2 is 1.94 bits per heavy atom. The van der Waals surface area contributed by atoms with E-state index in [0.29, 0.717) is 5.56 Å². The molecule has 0 spiro atoms. The molecule has 0 saturated carbocycles. The number of aromatic nitrogens is 1. The Hall–Kier alpha value is -1.61. The van der Waals surface area contributed by atoms with Crippen LogP contribution in [0.4, 0.5) is 0 Å². The number of H-pyrrole nitrogens is 1. The van der Waals surface area contributed by atoms with Crippen molar-refractivity contribution >= 4 is 10.9 Å². The Labute approximate surface area is 93.7 Å². The van der Waals surface area contributed by atoms with Crippen LogP contribution in [0.2, 0.25) is 0 Å². The normalized spacial score (nSPS) is 12.0. The lowest BCUT2D eigenvalue weighted by Crippen LogP contribution is -2.20. The van der Waals surface area contributed by atoms with E-state index >= 15 is 0 Å². The number of aromatic amines is 1. The molecule has 0 aliphatic rings. The molecule has 1 aromatic heterocycles. The van der Waals surface area contributed by atoms with Crippen LogP contribution in [0, 0.1) is 6.92 Å². The molecule has 2 aromatic rings. The quantitative estimate of drug-likeness (QED) is 0.768. The van der Waals surface area contributed by atoms with Gasteiger partial charge in [-0.05, 0) is 38.5 Å². The number of rotatable bonds is 1. The summed E-state index contributed by atoms with van der Waals surface area (Å²) in [6.45, 7) is 5.35. The molecule has 2 N–H and O–H groups in total. The molecule has 1 aromatic carbocycles. The van der Waals surface area contributed by atoms with Crippen molar-refractivity contribution in [1.29, 1.82) is 0 Å². The van der Waals surface area contributed by atoms with Crippen LogP contribution in [0.1, 0.15) is 25.0 Å². The van der Waals surface area contributed by atoms with Crippen molar-refractivity contribution in [2.24, 2.45) is 0 Å². The van der Waals surface area contributed by atoms with Gasteiger partial charge >= 0.3 is 0 Å². The van der Waals surface area contributed by atoms with E-state index in [1.54, 1.807) is 13.8 Å². The molecule has 0 saturated heterocycles. The predicted molar refractivity (Wildman–Crippen MR) is 64.6 cm³/mol. The topological polar surface area (TPSA) is 53.1 Å². The van der Waals surface area contributed by atoms with Crippen LogP contribution in [0.5, 0.6) is 0 Å². The molecule has 1 heterocycles. The van der Waals surface area contributed by atoms with Gasteiger partial charge in [-0.25, -0.2) is 0 Å². The molecule has 0 radical (unpaired) electrons. The zero-order valence-corrected chi connectivity index (χ0v) is 9.66. The SMILES string of the molecule is Cc1ccc2[nH]c(=O)cc(C(C)(C)O)c2c1. The third-order valence-electron chi connectivity index (χ3n) is 2.66. The van der Waals surface area contributed by atoms with Crippen LogP contribution in [0.15, 0.2) is 29.1 Å². The zero-order valence-electron chi connectivity index (χ0n) is 9.66. The second kappa shape index (κ2) is 3.46. The number of hydrogen-bond donors (Lipinski definition) is 2. The first-order valence-electron chi connectivity index (χ1n) is 5.24. The number of hydrogen-bond acceptors (Lipinski definition) is 2. The summed E-state index contributed by atoms with van der Waals surface area (Å²) in [5, 5.41) is 10.9. The van der Waals surface area contributed by atoms with Crippen LogP contribution in [0.3, 0.4) is 0 Å². The van der Waals surface area contributed by atoms with Gasteiger partial charge in [-0.1, -0.05) is 11.6 Å². The number of nitrogens with one attached hydrogen (secondary N) is 1. The van der Waals surface area contributed by atoms with Gasteiger partial charge in [0.1, 0.15) is 0 Å². The summed E-state index contributed by atoms with van der Waals surface area (Å²) in [6, 6.07) is 7.23. The highest BCUT2D eigenvalue weighted by atomic mass is 16.3. The van der Waals surface area contributed by atoms with Crippen LogP contribution in [-0.2, 0) is 5.60 Å². The lowest BCUT2D eigenvalue weighted by molar-refractivity contribution is 0.0800. The summed E-state index contributed by atoms with van der Waals surface area (Å²) < 4.78 is 0. The van der Waals surface area contributed by atoms with Crippen LogP contribution in [-0.4, -0.2) is 10.1 Å². The second-order valence-corrected chi connectivity index (χ2v) is 4.66. The summed E-state index contributed by atoms with van der Waals surface area (Å²) in [7, 11) is 0. The van der Waals surface area contributed by atoms with Crippen molar-refractivity contribution in [2.45, 2.75) is 26.4 Å². The number of pyridine rings is 1. The number of benzene rings is 1. The average molecular weight is 217 g/mol. The highest BCUT2D eigenvalue weighted by molar-refractivity contribution is 5.83. The maximum Gasteiger partial charge on any atom is 0.248 e. The Balaban J connectivity index is 2.91. The fraction of sp³-hybridized carbons (Fsp3) is 0.308. The molecule has 0 atom stereocenters. The third kappa shape index (κ3) is 1.86. The van der Waals surface area contributed by atoms with Crippen LogP contribution in [0.25, 0.3) is 10.9 Å². The van der Waals surface area contributed by atoms with E-state index in [-0.39, 0.29) is 5.56 Å². The largest absolute Gasteiger partial charge is 0.386 e. The summed E-state index contributed by atoms with van der Waals surface area (Å²) in [6.07, 6.45) is 0. The van der Waals surface area contributed by atoms with Gasteiger partial charge in [0.25, 0.3) is 0 Å². The average Bonchev–Trinajstić information content (AvgIpc) is 2.16. The van der Waals surface area contributed by atoms with Crippen molar-refractivity contribution in [3.63, 3.8) is 0 Å². The van der Waals surface area contributed by atoms with Gasteiger partial charge in [-0.2, -0.15) is 0 Å². The minimum atomic E-state index is -1.01. The Kier molecular flexibility index (Phi) is 2.35. The second-order valence-electron chi connectivity index (χ2n) is 4.66. The fourth-order valence-electron chi connectivity index (χ4n) is 1.87. The number of fused-ring (bicyclic) bond motifs is 1. The van der Waals surface area contributed by atoms with Crippen molar-refractivity contribution in [3.8, 4) is 0 Å². The van der Waals surface area contributed by atoms with E-state index in [2.05, 4.69) is 4.98 Å². The molecule has 0 amide bonds. The van der Waals surface area contributed by atoms with Crippen molar-refractivity contribution in [1.82, 2.24) is 4.98 Å². The standard InChI is InChI=1S/C13H15NO2/c1-8-4-5-11-9(6-8)10(13(2,3)16)7-12(15)14-11/h4-7,16H,1-3H3,(H,14,15). The smallest absolute Gasteiger partial charge is 0.248 e. The lowest BCUT2D eigenvalue weighted by atomic mass is 9.94.